The number of hydrogen-bond donors (Lipinski definition) is 0. The van der Waals surface area contributed by atoms with Crippen molar-refractivity contribution in [3.8, 4) is 0 Å². The Morgan fingerprint density at radius 2 is 1.50 bits per heavy atom. The van der Waals surface area contributed by atoms with Gasteiger partial charge in [0.15, 0.2) is 9.84 Å². The summed E-state index contributed by atoms with van der Waals surface area (Å²) in [7, 11) is 3.33. The maximum Gasteiger partial charge on any atom is 0.152 e. The third-order valence-corrected chi connectivity index (χ3v) is 5.05. The number of sulfone groups is 1. The van der Waals surface area contributed by atoms with Crippen LogP contribution in [0.1, 0.15) is 0 Å². The Kier molecular flexibility index (Phi) is 8.62. The normalized spacial score (nSPS) is 22.0. The van der Waals surface area contributed by atoms with E-state index >= 15 is 0 Å². The van der Waals surface area contributed by atoms with Crippen LogP contribution < -0.4 is 0 Å². The van der Waals surface area contributed by atoms with Gasteiger partial charge >= 0.3 is 0 Å². The van der Waals surface area contributed by atoms with Gasteiger partial charge in [-0.25, -0.2) is 13.4 Å². The van der Waals surface area contributed by atoms with E-state index in [2.05, 4.69) is 16.9 Å². The van der Waals surface area contributed by atoms with E-state index < -0.39 is 9.84 Å². The molecule has 1 aromatic heterocycles. The summed E-state index contributed by atoms with van der Waals surface area (Å²) in [6.07, 6.45) is 5.39. The standard InChI is InChI=1S/C5H11NO2S.C5H11NO.C4H6N2/c1-6-2-4-9(7,8)5-3-6;1-6-2-4-7-5-3-6;1-6-3-2-5-4-6/h2-5H2,1H3;2-5H2,1H3;2-4H,1H3. The summed E-state index contributed by atoms with van der Waals surface area (Å²) in [6.45, 7) is 5.41. The number of likely N-dealkylation sites (N-methyl/N-ethyl adjacent to an activating group) is 1. The van der Waals surface area contributed by atoms with E-state index in [0.717, 1.165) is 26.3 Å². The smallest absolute Gasteiger partial charge is 0.152 e. The monoisotopic (exact) mass is 332 g/mol. The Hall–Kier alpha value is -0.960. The van der Waals surface area contributed by atoms with Gasteiger partial charge in [0.25, 0.3) is 0 Å². The molecular weight excluding hydrogens is 304 g/mol. The van der Waals surface area contributed by atoms with Crippen LogP contribution in [0.4, 0.5) is 0 Å². The van der Waals surface area contributed by atoms with E-state index in [1.807, 2.05) is 29.8 Å². The zero-order valence-corrected chi connectivity index (χ0v) is 14.6. The van der Waals surface area contributed by atoms with Crippen LogP contribution >= 0.6 is 0 Å². The predicted octanol–water partition coefficient (Wildman–Crippen LogP) is -0.285. The van der Waals surface area contributed by atoms with Crippen molar-refractivity contribution in [3.63, 3.8) is 0 Å². The molecule has 0 unspecified atom stereocenters. The fourth-order valence-corrected chi connectivity index (χ4v) is 3.17. The van der Waals surface area contributed by atoms with Gasteiger partial charge in [-0.15, -0.1) is 0 Å². The summed E-state index contributed by atoms with van der Waals surface area (Å²) >= 11 is 0. The van der Waals surface area contributed by atoms with Crippen LogP contribution in [0.15, 0.2) is 18.7 Å². The number of imidazole rings is 1. The van der Waals surface area contributed by atoms with Crippen LogP contribution in [0, 0.1) is 0 Å². The van der Waals surface area contributed by atoms with Crippen molar-refractivity contribution in [2.24, 2.45) is 7.05 Å². The molecule has 2 aliphatic heterocycles. The predicted molar refractivity (Wildman–Crippen MR) is 87.7 cm³/mol. The first kappa shape index (κ1) is 19.1. The summed E-state index contributed by atoms with van der Waals surface area (Å²) < 4.78 is 28.5. The summed E-state index contributed by atoms with van der Waals surface area (Å²) in [5.74, 6) is 0.674. The molecule has 0 atom stereocenters. The molecule has 2 saturated heterocycles. The molecule has 0 amide bonds. The second-order valence-corrected chi connectivity index (χ2v) is 7.90. The molecule has 8 heteroatoms. The zero-order chi connectivity index (χ0) is 16.4. The van der Waals surface area contributed by atoms with Crippen LogP contribution in [0.3, 0.4) is 0 Å². The molecule has 0 aliphatic carbocycles. The molecule has 0 saturated carbocycles. The van der Waals surface area contributed by atoms with Crippen molar-refractivity contribution in [3.05, 3.63) is 18.7 Å². The highest BCUT2D eigenvalue weighted by molar-refractivity contribution is 7.91. The van der Waals surface area contributed by atoms with Crippen molar-refractivity contribution in [1.29, 1.82) is 0 Å². The van der Waals surface area contributed by atoms with Gasteiger partial charge in [-0.05, 0) is 14.1 Å². The lowest BCUT2D eigenvalue weighted by Crippen LogP contribution is -2.37. The van der Waals surface area contributed by atoms with Gasteiger partial charge < -0.3 is 19.1 Å². The summed E-state index contributed by atoms with van der Waals surface area (Å²) in [6, 6.07) is 0. The summed E-state index contributed by atoms with van der Waals surface area (Å²) in [5, 5.41) is 0. The molecule has 3 rings (SSSR count). The van der Waals surface area contributed by atoms with Gasteiger partial charge in [0.05, 0.1) is 31.0 Å². The van der Waals surface area contributed by atoms with Gasteiger partial charge in [0.1, 0.15) is 0 Å². The van der Waals surface area contributed by atoms with Crippen molar-refractivity contribution in [1.82, 2.24) is 19.4 Å². The van der Waals surface area contributed by atoms with Crippen LogP contribution in [0.25, 0.3) is 0 Å². The Morgan fingerprint density at radius 1 is 0.955 bits per heavy atom. The van der Waals surface area contributed by atoms with Gasteiger partial charge in [-0.1, -0.05) is 0 Å². The van der Waals surface area contributed by atoms with E-state index in [1.165, 1.54) is 0 Å². The van der Waals surface area contributed by atoms with Crippen LogP contribution in [0.5, 0.6) is 0 Å². The van der Waals surface area contributed by atoms with Crippen molar-refractivity contribution in [2.75, 3.05) is 65.0 Å². The number of aryl methyl sites for hydroxylation is 1. The molecule has 0 aromatic carbocycles. The fourth-order valence-electron chi connectivity index (χ4n) is 1.78. The second kappa shape index (κ2) is 9.94. The van der Waals surface area contributed by atoms with E-state index in [9.17, 15) is 8.42 Å². The molecule has 22 heavy (non-hydrogen) atoms. The van der Waals surface area contributed by atoms with Gasteiger partial charge in [-0.2, -0.15) is 0 Å². The number of aromatic nitrogens is 2. The lowest BCUT2D eigenvalue weighted by atomic mass is 10.5. The fraction of sp³-hybridized carbons (Fsp3) is 0.786. The molecule has 3 heterocycles. The molecule has 0 N–H and O–H groups in total. The molecule has 2 fully saturated rings. The summed E-state index contributed by atoms with van der Waals surface area (Å²) in [4.78, 5) is 8.08. The molecular formula is C14H28N4O3S. The second-order valence-electron chi connectivity index (χ2n) is 5.60. The molecule has 1 aromatic rings. The molecule has 7 nitrogen and oxygen atoms in total. The van der Waals surface area contributed by atoms with E-state index in [1.54, 1.807) is 12.5 Å². The van der Waals surface area contributed by atoms with Crippen LogP contribution in [-0.4, -0.2) is 92.8 Å². The van der Waals surface area contributed by atoms with Crippen LogP contribution in [-0.2, 0) is 21.6 Å². The third-order valence-electron chi connectivity index (χ3n) is 3.44. The quantitative estimate of drug-likeness (QED) is 0.651. The van der Waals surface area contributed by atoms with Crippen molar-refractivity contribution >= 4 is 9.84 Å². The number of ether oxygens (including phenoxy) is 1. The number of hydrogen-bond acceptors (Lipinski definition) is 6. The lowest BCUT2D eigenvalue weighted by Gasteiger charge is -2.21. The first-order valence-electron chi connectivity index (χ1n) is 7.46. The maximum atomic E-state index is 10.8. The van der Waals surface area contributed by atoms with Crippen molar-refractivity contribution < 1.29 is 13.2 Å². The topological polar surface area (TPSA) is 67.7 Å². The summed E-state index contributed by atoms with van der Waals surface area (Å²) in [5.41, 5.74) is 0. The van der Waals surface area contributed by atoms with E-state index in [-0.39, 0.29) is 0 Å². The minimum atomic E-state index is -2.66. The largest absolute Gasteiger partial charge is 0.379 e. The van der Waals surface area contributed by atoms with Crippen molar-refractivity contribution in [2.45, 2.75) is 0 Å². The number of rotatable bonds is 0. The Bertz CT molecular complexity index is 470. The average molecular weight is 332 g/mol. The minimum absolute atomic E-state index is 0.337. The SMILES string of the molecule is CN1CCOCC1.CN1CCS(=O)(=O)CC1.Cn1ccnc1. The third kappa shape index (κ3) is 9.14. The lowest BCUT2D eigenvalue weighted by molar-refractivity contribution is 0.0503. The highest BCUT2D eigenvalue weighted by Crippen LogP contribution is 1.99. The molecule has 0 bridgehead atoms. The zero-order valence-electron chi connectivity index (χ0n) is 13.8. The van der Waals surface area contributed by atoms with Gasteiger partial charge in [0.2, 0.25) is 0 Å². The van der Waals surface area contributed by atoms with Crippen LogP contribution in [0.2, 0.25) is 0 Å². The highest BCUT2D eigenvalue weighted by atomic mass is 32.2. The maximum absolute atomic E-state index is 10.8. The Morgan fingerprint density at radius 3 is 1.77 bits per heavy atom. The number of nitrogens with zero attached hydrogens (tertiary/aromatic N) is 4. The Balaban J connectivity index is 0.000000169. The van der Waals surface area contributed by atoms with E-state index in [0.29, 0.717) is 24.6 Å². The highest BCUT2D eigenvalue weighted by Gasteiger charge is 2.17. The Labute approximate surface area is 133 Å². The molecule has 0 radical (unpaired) electrons. The van der Waals surface area contributed by atoms with Gasteiger partial charge in [0, 0.05) is 45.6 Å². The molecule has 128 valence electrons. The van der Waals surface area contributed by atoms with Gasteiger partial charge in [-0.3, -0.25) is 0 Å². The average Bonchev–Trinajstić information content (AvgIpc) is 2.96. The molecule has 0 spiro atoms. The first-order valence-corrected chi connectivity index (χ1v) is 9.28. The minimum Gasteiger partial charge on any atom is -0.379 e. The number of morpholine rings is 1. The van der Waals surface area contributed by atoms with E-state index in [4.69, 9.17) is 4.74 Å². The molecule has 2 aliphatic rings. The first-order chi connectivity index (χ1) is 10.4.